The Bertz CT molecular complexity index is 470. The SMILES string of the molecule is CCn1cc(S(=O)(=O)NC(C)CCBr)nc1C. The van der Waals surface area contributed by atoms with Gasteiger partial charge >= 0.3 is 0 Å². The van der Waals surface area contributed by atoms with Crippen LogP contribution in [0.2, 0.25) is 0 Å². The van der Waals surface area contributed by atoms with Crippen LogP contribution in [-0.4, -0.2) is 29.3 Å². The van der Waals surface area contributed by atoms with Gasteiger partial charge in [-0.15, -0.1) is 0 Å². The lowest BCUT2D eigenvalue weighted by atomic mass is 10.3. The van der Waals surface area contributed by atoms with Crippen molar-refractivity contribution in [3.8, 4) is 0 Å². The molecule has 98 valence electrons. The summed E-state index contributed by atoms with van der Waals surface area (Å²) >= 11 is 3.29. The highest BCUT2D eigenvalue weighted by Gasteiger charge is 2.20. The van der Waals surface area contributed by atoms with Crippen LogP contribution in [0.25, 0.3) is 0 Å². The molecular weight excluding hydrogens is 306 g/mol. The molecule has 1 unspecified atom stereocenters. The molecule has 1 aromatic rings. The zero-order valence-electron chi connectivity index (χ0n) is 10.3. The quantitative estimate of drug-likeness (QED) is 0.810. The largest absolute Gasteiger partial charge is 0.334 e. The van der Waals surface area contributed by atoms with E-state index in [-0.39, 0.29) is 11.1 Å². The van der Waals surface area contributed by atoms with E-state index < -0.39 is 10.0 Å². The van der Waals surface area contributed by atoms with Crippen LogP contribution in [0.5, 0.6) is 0 Å². The fraction of sp³-hybridized carbons (Fsp3) is 0.700. The third-order valence-corrected chi connectivity index (χ3v) is 4.39. The van der Waals surface area contributed by atoms with Crippen LogP contribution in [0.15, 0.2) is 11.2 Å². The average Bonchev–Trinajstić information content (AvgIpc) is 2.59. The van der Waals surface area contributed by atoms with E-state index in [9.17, 15) is 8.42 Å². The van der Waals surface area contributed by atoms with Crippen molar-refractivity contribution in [2.75, 3.05) is 5.33 Å². The Hall–Kier alpha value is -0.400. The van der Waals surface area contributed by atoms with Crippen LogP contribution >= 0.6 is 15.9 Å². The maximum Gasteiger partial charge on any atom is 0.259 e. The van der Waals surface area contributed by atoms with Gasteiger partial charge in [-0.05, 0) is 27.2 Å². The summed E-state index contributed by atoms with van der Waals surface area (Å²) in [7, 11) is -3.50. The molecule has 0 aliphatic heterocycles. The lowest BCUT2D eigenvalue weighted by molar-refractivity contribution is 0.554. The molecule has 0 aromatic carbocycles. The second kappa shape index (κ2) is 5.97. The smallest absolute Gasteiger partial charge is 0.259 e. The highest BCUT2D eigenvalue weighted by molar-refractivity contribution is 9.09. The van der Waals surface area contributed by atoms with Gasteiger partial charge < -0.3 is 4.57 Å². The van der Waals surface area contributed by atoms with E-state index in [2.05, 4.69) is 25.6 Å². The van der Waals surface area contributed by atoms with Gasteiger partial charge in [0.05, 0.1) is 0 Å². The molecule has 17 heavy (non-hydrogen) atoms. The van der Waals surface area contributed by atoms with Crippen molar-refractivity contribution in [2.24, 2.45) is 0 Å². The topological polar surface area (TPSA) is 64.0 Å². The number of nitrogens with zero attached hydrogens (tertiary/aromatic N) is 2. The molecule has 1 heterocycles. The molecule has 0 aliphatic carbocycles. The Morgan fingerprint density at radius 3 is 2.71 bits per heavy atom. The second-order valence-corrected chi connectivity index (χ2v) is 6.37. The molecular formula is C10H18BrN3O2S. The number of sulfonamides is 1. The Labute approximate surface area is 111 Å². The highest BCUT2D eigenvalue weighted by Crippen LogP contribution is 2.10. The molecule has 1 aromatic heterocycles. The number of hydrogen-bond acceptors (Lipinski definition) is 3. The monoisotopic (exact) mass is 323 g/mol. The molecule has 0 amide bonds. The summed E-state index contributed by atoms with van der Waals surface area (Å²) in [5.41, 5.74) is 0. The number of imidazole rings is 1. The third-order valence-electron chi connectivity index (χ3n) is 2.47. The van der Waals surface area contributed by atoms with E-state index in [1.165, 1.54) is 0 Å². The number of halogens is 1. The van der Waals surface area contributed by atoms with Crippen LogP contribution in [-0.2, 0) is 16.6 Å². The van der Waals surface area contributed by atoms with Crippen molar-refractivity contribution in [3.63, 3.8) is 0 Å². The Morgan fingerprint density at radius 1 is 1.59 bits per heavy atom. The molecule has 1 N–H and O–H groups in total. The second-order valence-electron chi connectivity index (χ2n) is 3.91. The van der Waals surface area contributed by atoms with Crippen molar-refractivity contribution in [1.29, 1.82) is 0 Å². The van der Waals surface area contributed by atoms with Crippen molar-refractivity contribution in [3.05, 3.63) is 12.0 Å². The van der Waals surface area contributed by atoms with E-state index in [1.54, 1.807) is 13.1 Å². The number of aryl methyl sites for hydroxylation is 2. The molecule has 7 heteroatoms. The number of aromatic nitrogens is 2. The van der Waals surface area contributed by atoms with Crippen LogP contribution in [0.3, 0.4) is 0 Å². The first-order chi connectivity index (χ1) is 7.90. The number of nitrogens with one attached hydrogen (secondary N) is 1. The van der Waals surface area contributed by atoms with Gasteiger partial charge in [0.15, 0.2) is 5.03 Å². The fourth-order valence-electron chi connectivity index (χ4n) is 1.48. The summed E-state index contributed by atoms with van der Waals surface area (Å²) in [5.74, 6) is 0.709. The zero-order chi connectivity index (χ0) is 13.1. The molecule has 5 nitrogen and oxygen atoms in total. The minimum Gasteiger partial charge on any atom is -0.334 e. The van der Waals surface area contributed by atoms with Crippen LogP contribution in [0.4, 0.5) is 0 Å². The van der Waals surface area contributed by atoms with Gasteiger partial charge in [-0.2, -0.15) is 0 Å². The number of rotatable bonds is 6. The van der Waals surface area contributed by atoms with Gasteiger partial charge in [0.1, 0.15) is 5.82 Å². The lowest BCUT2D eigenvalue weighted by Gasteiger charge is -2.10. The summed E-state index contributed by atoms with van der Waals surface area (Å²) in [4.78, 5) is 4.07. The van der Waals surface area contributed by atoms with Crippen LogP contribution in [0.1, 0.15) is 26.1 Å². The first-order valence-electron chi connectivity index (χ1n) is 5.52. The van der Waals surface area contributed by atoms with Crippen molar-refractivity contribution >= 4 is 26.0 Å². The summed E-state index contributed by atoms with van der Waals surface area (Å²) < 4.78 is 28.4. The minimum atomic E-state index is -3.50. The number of alkyl halides is 1. The van der Waals surface area contributed by atoms with Gasteiger partial charge in [-0.25, -0.2) is 18.1 Å². The van der Waals surface area contributed by atoms with Gasteiger partial charge in [0.25, 0.3) is 10.0 Å². The summed E-state index contributed by atoms with van der Waals surface area (Å²) in [6, 6.07) is -0.105. The predicted octanol–water partition coefficient (Wildman–Crippen LogP) is 1.66. The molecule has 1 rings (SSSR count). The third kappa shape index (κ3) is 3.79. The molecule has 0 spiro atoms. The van der Waals surface area contributed by atoms with Gasteiger partial charge in [-0.3, -0.25) is 0 Å². The molecule has 0 aliphatic rings. The summed E-state index contributed by atoms with van der Waals surface area (Å²) in [6.45, 7) is 6.30. The Kier molecular flexibility index (Phi) is 5.15. The zero-order valence-corrected chi connectivity index (χ0v) is 12.7. The van der Waals surface area contributed by atoms with Crippen LogP contribution < -0.4 is 4.72 Å². The first kappa shape index (κ1) is 14.7. The van der Waals surface area contributed by atoms with E-state index >= 15 is 0 Å². The minimum absolute atomic E-state index is 0.0956. The summed E-state index contributed by atoms with van der Waals surface area (Å²) in [6.07, 6.45) is 2.31. The summed E-state index contributed by atoms with van der Waals surface area (Å²) in [5, 5.41) is 0.859. The van der Waals surface area contributed by atoms with Gasteiger partial charge in [0, 0.05) is 24.1 Å². The Morgan fingerprint density at radius 2 is 2.24 bits per heavy atom. The highest BCUT2D eigenvalue weighted by atomic mass is 79.9. The number of hydrogen-bond donors (Lipinski definition) is 1. The standard InChI is InChI=1S/C10H18BrN3O2S/c1-4-14-7-10(12-9(14)3)17(15,16)13-8(2)5-6-11/h7-8,13H,4-6H2,1-3H3. The first-order valence-corrected chi connectivity index (χ1v) is 8.13. The van der Waals surface area contributed by atoms with Crippen LogP contribution in [0, 0.1) is 6.92 Å². The van der Waals surface area contributed by atoms with Crippen molar-refractivity contribution in [1.82, 2.24) is 14.3 Å². The van der Waals surface area contributed by atoms with E-state index in [0.717, 1.165) is 11.8 Å². The molecule has 0 radical (unpaired) electrons. The van der Waals surface area contributed by atoms with Gasteiger partial charge in [-0.1, -0.05) is 15.9 Å². The van der Waals surface area contributed by atoms with E-state index in [4.69, 9.17) is 0 Å². The van der Waals surface area contributed by atoms with E-state index in [0.29, 0.717) is 12.4 Å². The molecule has 0 bridgehead atoms. The Balaban J connectivity index is 2.89. The van der Waals surface area contributed by atoms with Crippen molar-refractivity contribution < 1.29 is 8.42 Å². The fourth-order valence-corrected chi connectivity index (χ4v) is 3.45. The normalized spacial score (nSPS) is 13.9. The maximum absolute atomic E-state index is 12.0. The molecule has 0 saturated carbocycles. The van der Waals surface area contributed by atoms with Crippen molar-refractivity contribution in [2.45, 2.75) is 44.8 Å². The molecule has 1 atom stereocenters. The molecule has 0 fully saturated rings. The maximum atomic E-state index is 12.0. The lowest BCUT2D eigenvalue weighted by Crippen LogP contribution is -2.33. The predicted molar refractivity (Wildman–Crippen MR) is 70.8 cm³/mol. The average molecular weight is 324 g/mol. The van der Waals surface area contributed by atoms with Gasteiger partial charge in [0.2, 0.25) is 0 Å². The molecule has 0 saturated heterocycles. The van der Waals surface area contributed by atoms with E-state index in [1.807, 2.05) is 18.4 Å².